The van der Waals surface area contributed by atoms with Gasteiger partial charge in [-0.2, -0.15) is 8.42 Å². The van der Waals surface area contributed by atoms with Crippen molar-refractivity contribution in [2.75, 3.05) is 30.5 Å². The molecule has 2 rings (SSSR count). The third kappa shape index (κ3) is 5.31. The summed E-state index contributed by atoms with van der Waals surface area (Å²) in [5, 5.41) is 0. The lowest BCUT2D eigenvalue weighted by molar-refractivity contribution is -0.116. The Morgan fingerprint density at radius 3 is 2.42 bits per heavy atom. The monoisotopic (exact) mass is 374 g/mol. The summed E-state index contributed by atoms with van der Waals surface area (Å²) in [6, 6.07) is 6.59. The van der Waals surface area contributed by atoms with Crippen LogP contribution in [0.4, 0.5) is 0 Å². The summed E-state index contributed by atoms with van der Waals surface area (Å²) in [7, 11) is -5.88. The van der Waals surface area contributed by atoms with Gasteiger partial charge in [0, 0.05) is 17.9 Å². The maximum Gasteiger partial charge on any atom is 0.306 e. The van der Waals surface area contributed by atoms with Crippen LogP contribution in [0.1, 0.15) is 31.7 Å². The third-order valence-electron chi connectivity index (χ3n) is 3.98. The van der Waals surface area contributed by atoms with Crippen LogP contribution in [0.15, 0.2) is 29.2 Å². The van der Waals surface area contributed by atoms with Gasteiger partial charge in [0.05, 0.1) is 23.9 Å². The van der Waals surface area contributed by atoms with E-state index in [4.69, 9.17) is 8.37 Å². The van der Waals surface area contributed by atoms with Crippen LogP contribution in [0.3, 0.4) is 0 Å². The maximum atomic E-state index is 12.7. The van der Waals surface area contributed by atoms with Gasteiger partial charge >= 0.3 is 10.1 Å². The summed E-state index contributed by atoms with van der Waals surface area (Å²) in [5.41, 5.74) is 0.983. The molecule has 7 heteroatoms. The topological polar surface area (TPSA) is 69.7 Å². The number of ketones is 1. The van der Waals surface area contributed by atoms with Crippen molar-refractivity contribution in [2.45, 2.75) is 38.0 Å². The van der Waals surface area contributed by atoms with E-state index in [0.29, 0.717) is 31.1 Å². The number of carbonyl (C=O) groups excluding carboxylic acids is 1. The average Bonchev–Trinajstić information content (AvgIpc) is 2.53. The molecule has 0 amide bonds. The highest BCUT2D eigenvalue weighted by molar-refractivity contribution is 8.33. The van der Waals surface area contributed by atoms with E-state index in [1.165, 1.54) is 0 Å². The van der Waals surface area contributed by atoms with E-state index >= 15 is 0 Å². The number of Topliss-reactive ketones (excluding diaryl/α,β-unsaturated/α-hetero) is 1. The number of hydrogen-bond donors (Lipinski definition) is 0. The predicted octanol–water partition coefficient (Wildman–Crippen LogP) is 3.21. The standard InChI is InChI=1S/C17H26O5S2/c1-3-4-5-16(18)14-23(12-10-21-11-13-23)22-24(19,20)17-8-6-15(2)7-9-17/h6-9H,3-5,10-14H2,1-2H3. The van der Waals surface area contributed by atoms with Gasteiger partial charge in [-0.15, -0.1) is 10.3 Å². The fourth-order valence-corrected chi connectivity index (χ4v) is 7.64. The molecule has 24 heavy (non-hydrogen) atoms. The minimum atomic E-state index is -3.87. The number of unbranched alkanes of at least 4 members (excludes halogenated alkanes) is 1. The van der Waals surface area contributed by atoms with Crippen LogP contribution in [-0.4, -0.2) is 44.7 Å². The molecule has 1 aliphatic heterocycles. The minimum absolute atomic E-state index is 0.0906. The van der Waals surface area contributed by atoms with Gasteiger partial charge in [-0.1, -0.05) is 31.0 Å². The number of hydrogen-bond acceptors (Lipinski definition) is 5. The molecule has 0 aromatic heterocycles. The van der Waals surface area contributed by atoms with Gasteiger partial charge in [-0.05, 0) is 25.5 Å². The summed E-state index contributed by atoms with van der Waals surface area (Å²) in [4.78, 5) is 12.4. The van der Waals surface area contributed by atoms with Crippen LogP contribution in [0.5, 0.6) is 0 Å². The Balaban J connectivity index is 2.18. The van der Waals surface area contributed by atoms with Crippen molar-refractivity contribution in [2.24, 2.45) is 0 Å². The molecule has 1 heterocycles. The molecule has 0 saturated carbocycles. The van der Waals surface area contributed by atoms with Crippen molar-refractivity contribution >= 4 is 26.2 Å². The second-order valence-electron chi connectivity index (χ2n) is 6.11. The molecule has 1 aromatic rings. The van der Waals surface area contributed by atoms with E-state index in [0.717, 1.165) is 18.4 Å². The van der Waals surface area contributed by atoms with Crippen LogP contribution < -0.4 is 0 Å². The molecule has 0 unspecified atom stereocenters. The van der Waals surface area contributed by atoms with Gasteiger partial charge in [0.2, 0.25) is 0 Å². The van der Waals surface area contributed by atoms with Crippen molar-refractivity contribution in [3.05, 3.63) is 29.8 Å². The highest BCUT2D eigenvalue weighted by Crippen LogP contribution is 2.52. The van der Waals surface area contributed by atoms with E-state index in [1.807, 2.05) is 13.8 Å². The molecule has 0 atom stereocenters. The van der Waals surface area contributed by atoms with Crippen molar-refractivity contribution in [3.8, 4) is 0 Å². The smallest absolute Gasteiger partial charge is 0.306 e. The van der Waals surface area contributed by atoms with E-state index in [2.05, 4.69) is 0 Å². The zero-order chi connectivity index (χ0) is 17.6. The van der Waals surface area contributed by atoms with Crippen molar-refractivity contribution in [3.63, 3.8) is 0 Å². The number of rotatable bonds is 8. The SMILES string of the molecule is CCCCC(=O)CS1(OS(=O)(=O)c2ccc(C)cc2)CCOCC1. The Labute approximate surface area is 146 Å². The van der Waals surface area contributed by atoms with Crippen molar-refractivity contribution in [1.29, 1.82) is 0 Å². The van der Waals surface area contributed by atoms with Gasteiger partial charge in [0.25, 0.3) is 0 Å². The molecule has 0 bridgehead atoms. The Bertz CT molecular complexity index is 646. The van der Waals surface area contributed by atoms with Crippen molar-refractivity contribution < 1.29 is 21.6 Å². The quantitative estimate of drug-likeness (QED) is 0.699. The molecule has 1 saturated heterocycles. The van der Waals surface area contributed by atoms with Gasteiger partial charge in [-0.3, -0.25) is 4.79 Å². The van der Waals surface area contributed by atoms with Crippen LogP contribution >= 0.6 is 10.3 Å². The molecule has 0 aliphatic carbocycles. The number of benzene rings is 1. The van der Waals surface area contributed by atoms with E-state index in [1.54, 1.807) is 24.3 Å². The summed E-state index contributed by atoms with van der Waals surface area (Å²) in [6.45, 7) is 4.82. The molecule has 0 radical (unpaired) electrons. The number of carbonyl (C=O) groups is 1. The first kappa shape index (κ1) is 19.4. The first-order valence-electron chi connectivity index (χ1n) is 8.25. The summed E-state index contributed by atoms with van der Waals surface area (Å²) in [6.07, 6.45) is 2.26. The van der Waals surface area contributed by atoms with Crippen LogP contribution in [0.2, 0.25) is 0 Å². The lowest BCUT2D eigenvalue weighted by atomic mass is 10.2. The Kier molecular flexibility index (Phi) is 6.86. The lowest BCUT2D eigenvalue weighted by Crippen LogP contribution is -2.32. The second kappa shape index (κ2) is 8.47. The zero-order valence-corrected chi connectivity index (χ0v) is 16.0. The van der Waals surface area contributed by atoms with Crippen molar-refractivity contribution in [1.82, 2.24) is 0 Å². The normalized spacial score (nSPS) is 18.9. The average molecular weight is 375 g/mol. The molecule has 0 N–H and O–H groups in total. The molecule has 1 aromatic carbocycles. The highest BCUT2D eigenvalue weighted by Gasteiger charge is 2.36. The first-order chi connectivity index (χ1) is 11.4. The number of aryl methyl sites for hydroxylation is 1. The molecule has 5 nitrogen and oxygen atoms in total. The van der Waals surface area contributed by atoms with Gasteiger partial charge in [-0.25, -0.2) is 3.63 Å². The molecule has 0 spiro atoms. The van der Waals surface area contributed by atoms with E-state index < -0.39 is 20.4 Å². The van der Waals surface area contributed by atoms with Gasteiger partial charge < -0.3 is 4.74 Å². The molecular weight excluding hydrogens is 348 g/mol. The first-order valence-corrected chi connectivity index (χ1v) is 11.7. The summed E-state index contributed by atoms with van der Waals surface area (Å²) in [5.74, 6) is 1.29. The van der Waals surface area contributed by atoms with Gasteiger partial charge in [0.15, 0.2) is 0 Å². The van der Waals surface area contributed by atoms with Crippen LogP contribution in [0, 0.1) is 6.92 Å². The minimum Gasteiger partial charge on any atom is -0.380 e. The predicted molar refractivity (Wildman–Crippen MR) is 97.0 cm³/mol. The summed E-state index contributed by atoms with van der Waals surface area (Å²) >= 11 is 0. The Morgan fingerprint density at radius 2 is 1.83 bits per heavy atom. The Hall–Kier alpha value is -0.890. The fraction of sp³-hybridized carbons (Fsp3) is 0.588. The van der Waals surface area contributed by atoms with E-state index in [-0.39, 0.29) is 16.4 Å². The third-order valence-corrected chi connectivity index (χ3v) is 9.37. The van der Waals surface area contributed by atoms with Crippen LogP contribution in [0.25, 0.3) is 0 Å². The molecule has 136 valence electrons. The number of ether oxygens (including phenoxy) is 1. The van der Waals surface area contributed by atoms with Crippen LogP contribution in [-0.2, 0) is 23.3 Å². The zero-order valence-electron chi connectivity index (χ0n) is 14.3. The highest BCUT2D eigenvalue weighted by atomic mass is 32.3. The second-order valence-corrected chi connectivity index (χ2v) is 11.1. The van der Waals surface area contributed by atoms with Gasteiger partial charge in [0.1, 0.15) is 5.78 Å². The maximum absolute atomic E-state index is 12.7. The fourth-order valence-electron chi connectivity index (χ4n) is 2.54. The molecular formula is C17H26O5S2. The summed E-state index contributed by atoms with van der Waals surface area (Å²) < 4.78 is 36.4. The lowest BCUT2D eigenvalue weighted by Gasteiger charge is -2.40. The largest absolute Gasteiger partial charge is 0.380 e. The van der Waals surface area contributed by atoms with E-state index in [9.17, 15) is 13.2 Å². The molecule has 1 fully saturated rings. The Morgan fingerprint density at radius 1 is 1.21 bits per heavy atom. The molecule has 1 aliphatic rings.